The van der Waals surface area contributed by atoms with E-state index in [1.807, 2.05) is 0 Å². The number of carbonyl (C=O) groups is 2. The number of benzene rings is 1. The standard InChI is InChI=1S/C25H27F5N4O5/c1-11(2)17(34-37)10-38-20-14(5-6-15(26)19(20)27)18-12(3)24(4,25(28,29)30)39-21(18)23(36)33-13-7-8-32-16(9-13)22(31)35/h5-9,11-12,18,21,37H,10H2,1-4H3,(H2,31,35)(H,32,33,36)/b34-17+/t12-,18-,21+,24+/m0/s1. The maximum Gasteiger partial charge on any atom is 0.417 e. The zero-order valence-electron chi connectivity index (χ0n) is 21.3. The van der Waals surface area contributed by atoms with Crippen LogP contribution >= 0.6 is 0 Å². The van der Waals surface area contributed by atoms with E-state index < -0.39 is 65.5 Å². The van der Waals surface area contributed by atoms with Gasteiger partial charge in [-0.05, 0) is 31.0 Å². The first-order valence-corrected chi connectivity index (χ1v) is 11.7. The second-order valence-electron chi connectivity index (χ2n) is 9.56. The number of primary amides is 1. The van der Waals surface area contributed by atoms with E-state index in [0.717, 1.165) is 25.3 Å². The molecular weight excluding hydrogens is 531 g/mol. The summed E-state index contributed by atoms with van der Waals surface area (Å²) in [6.45, 7) is 4.70. The molecule has 39 heavy (non-hydrogen) atoms. The third-order valence-electron chi connectivity index (χ3n) is 6.81. The third kappa shape index (κ3) is 5.79. The highest BCUT2D eigenvalue weighted by molar-refractivity contribution is 5.97. The molecule has 0 bridgehead atoms. The number of oxime groups is 1. The Balaban J connectivity index is 2.10. The van der Waals surface area contributed by atoms with Gasteiger partial charge in [-0.2, -0.15) is 17.6 Å². The molecule has 3 rings (SSSR count). The number of nitrogens with zero attached hydrogens (tertiary/aromatic N) is 2. The van der Waals surface area contributed by atoms with Crippen LogP contribution in [0.2, 0.25) is 0 Å². The van der Waals surface area contributed by atoms with Gasteiger partial charge in [0.25, 0.3) is 11.8 Å². The van der Waals surface area contributed by atoms with Crippen molar-refractivity contribution in [3.05, 3.63) is 53.4 Å². The van der Waals surface area contributed by atoms with E-state index >= 15 is 4.39 Å². The molecule has 1 aromatic heterocycles. The van der Waals surface area contributed by atoms with Gasteiger partial charge < -0.3 is 25.7 Å². The quantitative estimate of drug-likeness (QED) is 0.190. The summed E-state index contributed by atoms with van der Waals surface area (Å²) in [5, 5.41) is 14.6. The van der Waals surface area contributed by atoms with Crippen LogP contribution in [-0.4, -0.2) is 52.2 Å². The first-order chi connectivity index (χ1) is 18.1. The molecule has 14 heteroatoms. The van der Waals surface area contributed by atoms with Gasteiger partial charge in [-0.15, -0.1) is 0 Å². The predicted molar refractivity (Wildman–Crippen MR) is 129 cm³/mol. The van der Waals surface area contributed by atoms with Crippen molar-refractivity contribution in [2.75, 3.05) is 11.9 Å². The highest BCUT2D eigenvalue weighted by Crippen LogP contribution is 2.55. The highest BCUT2D eigenvalue weighted by atomic mass is 19.4. The number of hydrogen-bond donors (Lipinski definition) is 3. The molecule has 1 aromatic carbocycles. The Bertz CT molecular complexity index is 1290. The summed E-state index contributed by atoms with van der Waals surface area (Å²) in [5.74, 6) is -8.89. The number of rotatable bonds is 8. The molecule has 4 atom stereocenters. The minimum atomic E-state index is -4.95. The molecule has 1 aliphatic rings. The van der Waals surface area contributed by atoms with Gasteiger partial charge in [-0.1, -0.05) is 32.0 Å². The van der Waals surface area contributed by atoms with E-state index in [-0.39, 0.29) is 28.6 Å². The topological polar surface area (TPSA) is 136 Å². The van der Waals surface area contributed by atoms with Crippen LogP contribution in [0, 0.1) is 23.5 Å². The van der Waals surface area contributed by atoms with Crippen LogP contribution in [-0.2, 0) is 9.53 Å². The van der Waals surface area contributed by atoms with Crippen LogP contribution in [0.1, 0.15) is 49.7 Å². The second kappa shape index (κ2) is 11.1. The maximum atomic E-state index is 15.0. The van der Waals surface area contributed by atoms with Gasteiger partial charge in [0, 0.05) is 29.3 Å². The molecule has 2 aromatic rings. The first-order valence-electron chi connectivity index (χ1n) is 11.7. The largest absolute Gasteiger partial charge is 0.484 e. The van der Waals surface area contributed by atoms with Crippen LogP contribution in [0.15, 0.2) is 35.6 Å². The number of halogens is 5. The lowest BCUT2D eigenvalue weighted by Gasteiger charge is -2.32. The summed E-state index contributed by atoms with van der Waals surface area (Å²) < 4.78 is 82.6. The van der Waals surface area contributed by atoms with Crippen LogP contribution in [0.5, 0.6) is 5.75 Å². The summed E-state index contributed by atoms with van der Waals surface area (Å²) >= 11 is 0. The normalized spacial score (nSPS) is 23.6. The number of nitrogens with one attached hydrogen (secondary N) is 1. The lowest BCUT2D eigenvalue weighted by molar-refractivity contribution is -0.272. The number of ether oxygens (including phenoxy) is 2. The molecule has 4 N–H and O–H groups in total. The van der Waals surface area contributed by atoms with Crippen molar-refractivity contribution in [1.29, 1.82) is 0 Å². The Kier molecular flexibility index (Phi) is 8.48. The Morgan fingerprint density at radius 2 is 1.95 bits per heavy atom. The lowest BCUT2D eigenvalue weighted by Crippen LogP contribution is -2.47. The molecule has 2 heterocycles. The smallest absolute Gasteiger partial charge is 0.417 e. The molecule has 212 valence electrons. The molecule has 2 amide bonds. The molecule has 9 nitrogen and oxygen atoms in total. The van der Waals surface area contributed by atoms with Crippen LogP contribution in [0.4, 0.5) is 27.6 Å². The fourth-order valence-electron chi connectivity index (χ4n) is 4.29. The fourth-order valence-corrected chi connectivity index (χ4v) is 4.29. The average Bonchev–Trinajstić information content (AvgIpc) is 3.14. The van der Waals surface area contributed by atoms with Crippen molar-refractivity contribution >= 4 is 23.2 Å². The van der Waals surface area contributed by atoms with Crippen molar-refractivity contribution in [2.45, 2.75) is 51.5 Å². The monoisotopic (exact) mass is 558 g/mol. The molecule has 1 fully saturated rings. The molecule has 0 radical (unpaired) electrons. The molecule has 0 saturated carbocycles. The zero-order chi connectivity index (χ0) is 29.3. The number of amides is 2. The summed E-state index contributed by atoms with van der Waals surface area (Å²) in [5.41, 5.74) is 1.89. The Morgan fingerprint density at radius 3 is 2.51 bits per heavy atom. The summed E-state index contributed by atoms with van der Waals surface area (Å²) in [6, 6.07) is 4.11. The number of alkyl halides is 3. The number of aromatic nitrogens is 1. The van der Waals surface area contributed by atoms with E-state index in [2.05, 4.69) is 15.5 Å². The molecule has 1 saturated heterocycles. The highest BCUT2D eigenvalue weighted by Gasteiger charge is 2.66. The lowest BCUT2D eigenvalue weighted by atomic mass is 9.77. The van der Waals surface area contributed by atoms with Gasteiger partial charge in [-0.25, -0.2) is 4.39 Å². The average molecular weight is 559 g/mol. The molecule has 0 spiro atoms. The SMILES string of the molecule is CC(C)/C(COc1c([C@H]2[C@H](C(=O)Nc3ccnc(C(N)=O)c3)O[C@@](C)(C(F)(F)F)[C@H]2C)ccc(F)c1F)=N/O. The van der Waals surface area contributed by atoms with Gasteiger partial charge in [0.05, 0.1) is 5.71 Å². The van der Waals surface area contributed by atoms with Crippen molar-refractivity contribution in [3.8, 4) is 5.75 Å². The maximum absolute atomic E-state index is 15.0. The Labute approximate surface area is 220 Å². The number of carbonyl (C=O) groups excluding carboxylic acids is 2. The molecule has 0 unspecified atom stereocenters. The van der Waals surface area contributed by atoms with E-state index in [1.54, 1.807) is 13.8 Å². The molecule has 0 aliphatic carbocycles. The van der Waals surface area contributed by atoms with E-state index in [4.69, 9.17) is 15.2 Å². The minimum Gasteiger partial charge on any atom is -0.484 e. The van der Waals surface area contributed by atoms with Crippen molar-refractivity contribution in [1.82, 2.24) is 4.98 Å². The molecular formula is C25H27F5N4O5. The van der Waals surface area contributed by atoms with E-state index in [0.29, 0.717) is 6.07 Å². The van der Waals surface area contributed by atoms with E-state index in [9.17, 15) is 32.4 Å². The van der Waals surface area contributed by atoms with Crippen molar-refractivity contribution in [3.63, 3.8) is 0 Å². The van der Waals surface area contributed by atoms with E-state index in [1.165, 1.54) is 13.0 Å². The second-order valence-corrected chi connectivity index (χ2v) is 9.56. The number of hydrogen-bond acceptors (Lipinski definition) is 7. The van der Waals surface area contributed by atoms with Crippen molar-refractivity contribution in [2.24, 2.45) is 22.7 Å². The summed E-state index contributed by atoms with van der Waals surface area (Å²) in [4.78, 5) is 28.5. The minimum absolute atomic E-state index is 0.0121. The molecule has 1 aliphatic heterocycles. The predicted octanol–water partition coefficient (Wildman–Crippen LogP) is 4.40. The van der Waals surface area contributed by atoms with Gasteiger partial charge in [0.2, 0.25) is 5.82 Å². The fraction of sp³-hybridized carbons (Fsp3) is 0.440. The van der Waals surface area contributed by atoms with Crippen LogP contribution in [0.25, 0.3) is 0 Å². The Morgan fingerprint density at radius 1 is 1.28 bits per heavy atom. The summed E-state index contributed by atoms with van der Waals surface area (Å²) in [6.07, 6.45) is -5.66. The zero-order valence-corrected chi connectivity index (χ0v) is 21.3. The Hall–Kier alpha value is -3.81. The van der Waals surface area contributed by atoms with Gasteiger partial charge >= 0.3 is 6.18 Å². The third-order valence-corrected chi connectivity index (χ3v) is 6.81. The van der Waals surface area contributed by atoms with Gasteiger partial charge in [-0.3, -0.25) is 14.6 Å². The number of nitrogens with two attached hydrogens (primary N) is 1. The van der Waals surface area contributed by atoms with Crippen molar-refractivity contribution < 1.29 is 46.2 Å². The first kappa shape index (κ1) is 29.7. The summed E-state index contributed by atoms with van der Waals surface area (Å²) in [7, 11) is 0. The number of pyridine rings is 1. The number of anilines is 1. The van der Waals surface area contributed by atoms with Crippen LogP contribution in [0.3, 0.4) is 0 Å². The van der Waals surface area contributed by atoms with Gasteiger partial charge in [0.1, 0.15) is 18.4 Å². The van der Waals surface area contributed by atoms with Gasteiger partial charge in [0.15, 0.2) is 17.2 Å². The van der Waals surface area contributed by atoms with Crippen LogP contribution < -0.4 is 15.8 Å².